The van der Waals surface area contributed by atoms with Crippen LogP contribution in [0.2, 0.25) is 0 Å². The maximum absolute atomic E-state index is 15.2. The number of ketones is 1. The van der Waals surface area contributed by atoms with Crippen molar-refractivity contribution in [3.8, 4) is 11.8 Å². The highest BCUT2D eigenvalue weighted by Crippen LogP contribution is 2.51. The lowest BCUT2D eigenvalue weighted by atomic mass is 9.61. The van der Waals surface area contributed by atoms with Crippen molar-refractivity contribution in [3.05, 3.63) is 42.0 Å². The molecule has 3 saturated heterocycles. The van der Waals surface area contributed by atoms with Crippen LogP contribution < -0.4 is 15.4 Å². The van der Waals surface area contributed by atoms with E-state index in [1.165, 1.54) is 42.9 Å². The van der Waals surface area contributed by atoms with Crippen LogP contribution in [0.15, 0.2) is 30.9 Å². The molecule has 2 aliphatic carbocycles. The molecule has 272 valence electrons. The molecule has 7 atom stereocenters. The van der Waals surface area contributed by atoms with Crippen LogP contribution in [0, 0.1) is 30.1 Å². The number of aryl methyl sites for hydroxylation is 1. The maximum Gasteiger partial charge on any atom is 0.246 e. The number of hydrogen-bond acceptors (Lipinski definition) is 9. The fraction of sp³-hybridized carbons (Fsp3) is 0.725. The van der Waals surface area contributed by atoms with Crippen molar-refractivity contribution in [1.29, 1.82) is 5.26 Å². The summed E-state index contributed by atoms with van der Waals surface area (Å²) >= 11 is 0. The van der Waals surface area contributed by atoms with E-state index in [0.29, 0.717) is 51.0 Å². The predicted molar refractivity (Wildman–Crippen MR) is 192 cm³/mol. The summed E-state index contributed by atoms with van der Waals surface area (Å²) in [4.78, 5) is 35.0. The second-order valence-corrected chi connectivity index (χ2v) is 16.0. The number of likely N-dealkylation sites (tertiary alicyclic amines) is 1. The molecule has 4 aliphatic heterocycles. The van der Waals surface area contributed by atoms with Gasteiger partial charge in [0.25, 0.3) is 0 Å². The van der Waals surface area contributed by atoms with E-state index >= 15 is 4.79 Å². The third-order valence-corrected chi connectivity index (χ3v) is 13.3. The Morgan fingerprint density at radius 1 is 1.08 bits per heavy atom. The number of nitrogens with one attached hydrogen (secondary N) is 2. The number of nitrogens with zero attached hydrogens (tertiary/aromatic N) is 4. The van der Waals surface area contributed by atoms with Crippen LogP contribution >= 0.6 is 0 Å². The van der Waals surface area contributed by atoms with Gasteiger partial charge in [-0.3, -0.25) is 25.1 Å². The monoisotopic (exact) mass is 686 g/mol. The van der Waals surface area contributed by atoms with Gasteiger partial charge in [-0.15, -0.1) is 0 Å². The Morgan fingerprint density at radius 3 is 2.62 bits per heavy atom. The number of ether oxygens (including phenoxy) is 2. The van der Waals surface area contributed by atoms with Crippen LogP contribution in [0.5, 0.6) is 5.75 Å². The Morgan fingerprint density at radius 2 is 1.88 bits per heavy atom. The molecule has 1 aromatic carbocycles. The molecule has 6 unspecified atom stereocenters. The first kappa shape index (κ1) is 35.6. The number of carbonyl (C=O) groups excluding carboxylic acids is 2. The highest BCUT2D eigenvalue weighted by atomic mass is 16.5. The van der Waals surface area contributed by atoms with Gasteiger partial charge in [-0.2, -0.15) is 5.26 Å². The number of fused-ring (bicyclic) bond motifs is 2. The van der Waals surface area contributed by atoms with Gasteiger partial charge in [-0.1, -0.05) is 50.8 Å². The van der Waals surface area contributed by atoms with Gasteiger partial charge in [0.2, 0.25) is 5.91 Å². The van der Waals surface area contributed by atoms with Gasteiger partial charge in [0.05, 0.1) is 36.8 Å². The van der Waals surface area contributed by atoms with Crippen molar-refractivity contribution in [1.82, 2.24) is 25.3 Å². The summed E-state index contributed by atoms with van der Waals surface area (Å²) in [6, 6.07) is 8.20. The molecule has 5 fully saturated rings. The average molecular weight is 687 g/mol. The molecule has 0 radical (unpaired) electrons. The molecule has 50 heavy (non-hydrogen) atoms. The quantitative estimate of drug-likeness (QED) is 0.396. The molecule has 2 saturated carbocycles. The third-order valence-electron chi connectivity index (χ3n) is 13.3. The zero-order valence-corrected chi connectivity index (χ0v) is 30.3. The number of benzene rings is 1. The highest BCUT2D eigenvalue weighted by Gasteiger charge is 2.63. The van der Waals surface area contributed by atoms with Crippen LogP contribution in [0.3, 0.4) is 0 Å². The van der Waals surface area contributed by atoms with Crippen LogP contribution in [-0.2, 0) is 20.7 Å². The Bertz CT molecular complexity index is 1460. The second-order valence-electron chi connectivity index (χ2n) is 16.0. The topological polar surface area (TPSA) is 110 Å². The minimum atomic E-state index is -0.867. The summed E-state index contributed by atoms with van der Waals surface area (Å²) in [6.45, 7) is 9.30. The van der Waals surface area contributed by atoms with Gasteiger partial charge in [0, 0.05) is 31.6 Å². The Hall–Kier alpha value is -2.81. The maximum atomic E-state index is 15.2. The molecule has 0 bridgehead atoms. The lowest BCUT2D eigenvalue weighted by molar-refractivity contribution is -0.193. The van der Waals surface area contributed by atoms with Crippen LogP contribution in [0.4, 0.5) is 0 Å². The Balaban J connectivity index is 1.27. The van der Waals surface area contributed by atoms with Gasteiger partial charge in [0.15, 0.2) is 17.7 Å². The number of carbonyl (C=O) groups is 2. The summed E-state index contributed by atoms with van der Waals surface area (Å²) in [7, 11) is 2.17. The molecule has 0 aromatic heterocycles. The van der Waals surface area contributed by atoms with E-state index in [1.54, 1.807) is 0 Å². The van der Waals surface area contributed by atoms with E-state index in [-0.39, 0.29) is 30.1 Å². The fourth-order valence-corrected chi connectivity index (χ4v) is 10.6. The highest BCUT2D eigenvalue weighted by molar-refractivity contribution is 5.94. The summed E-state index contributed by atoms with van der Waals surface area (Å²) in [5.41, 5.74) is 1.02. The van der Waals surface area contributed by atoms with Gasteiger partial charge in [-0.25, -0.2) is 0 Å². The first-order valence-corrected chi connectivity index (χ1v) is 19.5. The van der Waals surface area contributed by atoms with Gasteiger partial charge in [-0.05, 0) is 101 Å². The SMILES string of the molecule is C=CC(=O)N1CCN(C2(C3CCCCCCC3)NC(OCC3CCCN3C)NC3C(=O)[C@@]4(CCc5c(C)cccc5O4)CCC32)CC1CC#N. The summed E-state index contributed by atoms with van der Waals surface area (Å²) in [6.07, 6.45) is 14.6. The molecular formula is C40H58N6O4. The van der Waals surface area contributed by atoms with E-state index in [9.17, 15) is 10.1 Å². The number of rotatable bonds is 7. The third kappa shape index (κ3) is 6.54. The molecule has 1 amide bonds. The molecule has 10 heteroatoms. The Labute approximate surface area is 298 Å². The van der Waals surface area contributed by atoms with E-state index in [2.05, 4.69) is 53.1 Å². The van der Waals surface area contributed by atoms with Crippen LogP contribution in [0.25, 0.3) is 0 Å². The van der Waals surface area contributed by atoms with Gasteiger partial charge >= 0.3 is 0 Å². The summed E-state index contributed by atoms with van der Waals surface area (Å²) in [5, 5.41) is 17.8. The number of piperazine rings is 1. The number of nitriles is 1. The number of amides is 1. The van der Waals surface area contributed by atoms with E-state index in [1.807, 2.05) is 17.0 Å². The molecular weight excluding hydrogens is 628 g/mol. The first-order valence-electron chi connectivity index (χ1n) is 19.5. The molecule has 10 nitrogen and oxygen atoms in total. The molecule has 6 aliphatic rings. The summed E-state index contributed by atoms with van der Waals surface area (Å²) < 4.78 is 13.6. The van der Waals surface area contributed by atoms with Gasteiger partial charge < -0.3 is 19.3 Å². The zero-order valence-electron chi connectivity index (χ0n) is 30.3. The van der Waals surface area contributed by atoms with Crippen molar-refractivity contribution in [2.75, 3.05) is 39.8 Å². The normalized spacial score (nSPS) is 35.7. The van der Waals surface area contributed by atoms with Crippen molar-refractivity contribution in [3.63, 3.8) is 0 Å². The zero-order chi connectivity index (χ0) is 34.9. The van der Waals surface area contributed by atoms with E-state index < -0.39 is 23.7 Å². The van der Waals surface area contributed by atoms with E-state index in [0.717, 1.165) is 57.2 Å². The molecule has 1 aromatic rings. The standard InChI is InChI=1S/C40H58N6O4/c1-4-35(47)46-25-24-45(26-30(46)19-22-41)40(29-13-8-6-5-7-9-14-29)33-18-21-39(20-17-32-28(2)12-10-16-34(32)50-39)37(48)36(33)42-38(43-40)49-27-31-15-11-23-44(31)3/h4,10,12,16,29-31,33,36,38,42-43H,1,5-9,11,13-15,17-21,23-27H2,2-3H3/t30?,31?,33?,36?,38?,39-,40?/m1/s1. The average Bonchev–Trinajstić information content (AvgIpc) is 3.52. The van der Waals surface area contributed by atoms with Crippen molar-refractivity contribution in [2.45, 2.75) is 133 Å². The second kappa shape index (κ2) is 15.0. The molecule has 7 rings (SSSR count). The number of likely N-dealkylation sites (N-methyl/N-ethyl adjacent to an activating group) is 1. The number of hydrogen-bond donors (Lipinski definition) is 2. The van der Waals surface area contributed by atoms with Crippen LogP contribution in [-0.4, -0.2) is 102 Å². The minimum absolute atomic E-state index is 0.0223. The Kier molecular flexibility index (Phi) is 10.7. The van der Waals surface area contributed by atoms with Gasteiger partial charge in [0.1, 0.15) is 5.75 Å². The largest absolute Gasteiger partial charge is 0.479 e. The fourth-order valence-electron chi connectivity index (χ4n) is 10.6. The lowest BCUT2D eigenvalue weighted by Gasteiger charge is -2.64. The van der Waals surface area contributed by atoms with Crippen molar-refractivity contribution < 1.29 is 19.1 Å². The minimum Gasteiger partial charge on any atom is -0.479 e. The first-order chi connectivity index (χ1) is 24.3. The predicted octanol–water partition coefficient (Wildman–Crippen LogP) is 4.66. The van der Waals surface area contributed by atoms with Crippen molar-refractivity contribution in [2.24, 2.45) is 11.8 Å². The molecule has 2 N–H and O–H groups in total. The lowest BCUT2D eigenvalue weighted by Crippen LogP contribution is -2.83. The number of Topliss-reactive ketones (excluding diaryl/α,β-unsaturated/α-hetero) is 1. The summed E-state index contributed by atoms with van der Waals surface area (Å²) in [5.74, 6) is 1.15. The van der Waals surface area contributed by atoms with Crippen LogP contribution in [0.1, 0.15) is 94.6 Å². The van der Waals surface area contributed by atoms with Crippen molar-refractivity contribution >= 4 is 11.7 Å². The molecule has 4 heterocycles. The van der Waals surface area contributed by atoms with E-state index in [4.69, 9.17) is 9.47 Å². The smallest absolute Gasteiger partial charge is 0.246 e. The molecule has 1 spiro atoms.